The summed E-state index contributed by atoms with van der Waals surface area (Å²) in [5, 5.41) is 12.6. The van der Waals surface area contributed by atoms with Gasteiger partial charge in [0.15, 0.2) is 5.69 Å². The molecule has 244 valence electrons. The number of amides is 1. The van der Waals surface area contributed by atoms with Crippen LogP contribution >= 0.6 is 11.6 Å². The molecule has 1 aliphatic rings. The van der Waals surface area contributed by atoms with E-state index >= 15 is 0 Å². The SMILES string of the molecule is C[C@@H]1CCC[C@H](n2cnc(-c3cc(Cl)c(F)cc3-n3cc(C(F)(F)F)nn3)cc2=O)c2cc(ccn2)-c2c(cnn2C(F)F)NC1=O. The standard InChI is InChI=1S/C29H22ClF6N9O2/c1-14-3-2-4-22(20-7-15(5-6-37-20)26-21(40-27(14)47)11-39-45(26)28(32)33)43-13-38-19(10-25(43)46)16-8-17(30)18(31)9-23(16)44-12-24(41-42-44)29(34,35)36/h5-14,22,28H,2-4H2,1H3,(H,40,47)/t14-,22+/m1/s1. The monoisotopic (exact) mass is 677 g/mol. The molecule has 0 spiro atoms. The first-order valence-electron chi connectivity index (χ1n) is 14.0. The van der Waals surface area contributed by atoms with Crippen LogP contribution in [0, 0.1) is 11.7 Å². The number of aromatic nitrogens is 8. The number of nitrogens with one attached hydrogen (secondary N) is 1. The van der Waals surface area contributed by atoms with Crippen molar-refractivity contribution in [3.05, 3.63) is 87.8 Å². The quantitative estimate of drug-likeness (QED) is 0.221. The number of alkyl halides is 5. The Hall–Kier alpha value is -5.06. The lowest BCUT2D eigenvalue weighted by Gasteiger charge is -2.22. The fourth-order valence-corrected chi connectivity index (χ4v) is 5.50. The van der Waals surface area contributed by atoms with Gasteiger partial charge in [0.1, 0.15) is 5.82 Å². The van der Waals surface area contributed by atoms with Gasteiger partial charge in [-0.1, -0.05) is 30.2 Å². The third kappa shape index (κ3) is 6.22. The van der Waals surface area contributed by atoms with Gasteiger partial charge < -0.3 is 5.32 Å². The summed E-state index contributed by atoms with van der Waals surface area (Å²) in [4.78, 5) is 35.3. The van der Waals surface area contributed by atoms with Crippen molar-refractivity contribution < 1.29 is 31.1 Å². The predicted molar refractivity (Wildman–Crippen MR) is 155 cm³/mol. The van der Waals surface area contributed by atoms with Crippen molar-refractivity contribution in [3.63, 3.8) is 0 Å². The van der Waals surface area contributed by atoms with Crippen LogP contribution in [0.4, 0.5) is 32.0 Å². The van der Waals surface area contributed by atoms with Gasteiger partial charge in [-0.25, -0.2) is 18.7 Å². The molecule has 0 saturated heterocycles. The first-order chi connectivity index (χ1) is 22.3. The highest BCUT2D eigenvalue weighted by molar-refractivity contribution is 6.31. The second kappa shape index (κ2) is 12.3. The maximum atomic E-state index is 14.5. The van der Waals surface area contributed by atoms with Crippen molar-refractivity contribution >= 4 is 23.2 Å². The van der Waals surface area contributed by atoms with E-state index in [2.05, 4.69) is 30.7 Å². The summed E-state index contributed by atoms with van der Waals surface area (Å²) in [6.45, 7) is -1.33. The summed E-state index contributed by atoms with van der Waals surface area (Å²) in [5.74, 6) is -1.86. The molecule has 0 saturated carbocycles. The third-order valence-corrected chi connectivity index (χ3v) is 8.00. The van der Waals surface area contributed by atoms with Gasteiger partial charge in [-0.15, -0.1) is 5.10 Å². The van der Waals surface area contributed by atoms with E-state index in [9.17, 15) is 35.9 Å². The van der Waals surface area contributed by atoms with E-state index in [0.29, 0.717) is 40.5 Å². The summed E-state index contributed by atoms with van der Waals surface area (Å²) in [5.41, 5.74) is -1.59. The number of pyridine rings is 1. The second-order valence-corrected chi connectivity index (χ2v) is 11.2. The molecular formula is C29H22ClF6N9O2. The lowest BCUT2D eigenvalue weighted by atomic mass is 9.97. The second-order valence-electron chi connectivity index (χ2n) is 10.8. The minimum absolute atomic E-state index is 0.00860. The molecule has 5 aromatic rings. The van der Waals surface area contributed by atoms with E-state index in [1.54, 1.807) is 6.92 Å². The lowest BCUT2D eigenvalue weighted by Crippen LogP contribution is -2.27. The molecule has 0 radical (unpaired) electrons. The van der Waals surface area contributed by atoms with Crippen molar-refractivity contribution in [3.8, 4) is 28.2 Å². The highest BCUT2D eigenvalue weighted by atomic mass is 35.5. The fraction of sp³-hybridized carbons (Fsp3) is 0.276. The van der Waals surface area contributed by atoms with Crippen molar-refractivity contribution in [2.45, 2.75) is 45.0 Å². The summed E-state index contributed by atoms with van der Waals surface area (Å²) in [6, 6.07) is 5.25. The molecule has 18 heteroatoms. The number of hydrogen-bond donors (Lipinski definition) is 1. The lowest BCUT2D eigenvalue weighted by molar-refractivity contribution is -0.141. The smallest absolute Gasteiger partial charge is 0.323 e. The fourth-order valence-electron chi connectivity index (χ4n) is 5.34. The Morgan fingerprint density at radius 1 is 1.09 bits per heavy atom. The molecule has 6 rings (SSSR count). The zero-order chi connectivity index (χ0) is 33.6. The van der Waals surface area contributed by atoms with Crippen molar-refractivity contribution in [2.75, 3.05) is 5.32 Å². The molecule has 2 bridgehead atoms. The van der Waals surface area contributed by atoms with Crippen LogP contribution in [0.1, 0.15) is 50.2 Å². The number of halogens is 7. The summed E-state index contributed by atoms with van der Waals surface area (Å²) in [6.07, 6.45) is 0.589. The van der Waals surface area contributed by atoms with Gasteiger partial charge >= 0.3 is 12.7 Å². The molecule has 1 aliphatic heterocycles. The van der Waals surface area contributed by atoms with Crippen LogP contribution in [-0.4, -0.2) is 45.2 Å². The highest BCUT2D eigenvalue weighted by Gasteiger charge is 2.35. The molecule has 11 nitrogen and oxygen atoms in total. The van der Waals surface area contributed by atoms with Crippen molar-refractivity contribution in [1.29, 1.82) is 0 Å². The van der Waals surface area contributed by atoms with Gasteiger partial charge in [0.2, 0.25) is 5.91 Å². The Kier molecular flexibility index (Phi) is 8.33. The number of rotatable bonds is 4. The van der Waals surface area contributed by atoms with E-state index in [4.69, 9.17) is 11.6 Å². The van der Waals surface area contributed by atoms with Gasteiger partial charge in [0, 0.05) is 35.4 Å². The average molecular weight is 678 g/mol. The molecule has 1 aromatic carbocycles. The van der Waals surface area contributed by atoms with Gasteiger partial charge in [0.25, 0.3) is 5.56 Å². The Morgan fingerprint density at radius 2 is 1.87 bits per heavy atom. The average Bonchev–Trinajstić information content (AvgIpc) is 3.69. The van der Waals surface area contributed by atoms with E-state index in [0.717, 1.165) is 24.4 Å². The number of carbonyl (C=O) groups is 1. The van der Waals surface area contributed by atoms with Crippen molar-refractivity contribution in [1.82, 2.24) is 39.3 Å². The maximum absolute atomic E-state index is 14.5. The number of hydrogen-bond acceptors (Lipinski definition) is 7. The largest absolute Gasteiger partial charge is 0.436 e. The summed E-state index contributed by atoms with van der Waals surface area (Å²) in [7, 11) is 0. The Bertz CT molecular complexity index is 2040. The van der Waals surface area contributed by atoms with E-state index in [1.165, 1.54) is 29.2 Å². The van der Waals surface area contributed by atoms with Gasteiger partial charge in [0.05, 0.1) is 58.2 Å². The molecule has 0 unspecified atom stereocenters. The molecule has 1 N–H and O–H groups in total. The number of carbonyl (C=O) groups excluding carboxylic acids is 1. The Labute approximate surface area is 265 Å². The van der Waals surface area contributed by atoms with E-state index in [1.807, 2.05) is 0 Å². The number of benzene rings is 1. The Morgan fingerprint density at radius 3 is 2.57 bits per heavy atom. The predicted octanol–water partition coefficient (Wildman–Crippen LogP) is 6.30. The van der Waals surface area contributed by atoms with Crippen LogP contribution in [0.2, 0.25) is 5.02 Å². The van der Waals surface area contributed by atoms with Crippen LogP contribution < -0.4 is 10.9 Å². The number of fused-ring (bicyclic) bond motifs is 4. The highest BCUT2D eigenvalue weighted by Crippen LogP contribution is 2.36. The molecule has 1 amide bonds. The minimum atomic E-state index is -4.82. The minimum Gasteiger partial charge on any atom is -0.323 e. The van der Waals surface area contributed by atoms with Crippen LogP contribution in [0.25, 0.3) is 28.2 Å². The molecule has 2 atom stereocenters. The van der Waals surface area contributed by atoms with Gasteiger partial charge in [-0.2, -0.15) is 27.1 Å². The molecule has 0 fully saturated rings. The first kappa shape index (κ1) is 31.9. The van der Waals surface area contributed by atoms with Crippen LogP contribution in [0.3, 0.4) is 0 Å². The molecule has 0 aliphatic carbocycles. The van der Waals surface area contributed by atoms with E-state index < -0.39 is 47.7 Å². The van der Waals surface area contributed by atoms with E-state index in [-0.39, 0.29) is 38.9 Å². The van der Waals surface area contributed by atoms with Crippen LogP contribution in [0.5, 0.6) is 0 Å². The van der Waals surface area contributed by atoms with Crippen LogP contribution in [-0.2, 0) is 11.0 Å². The summed E-state index contributed by atoms with van der Waals surface area (Å²) < 4.78 is 84.4. The summed E-state index contributed by atoms with van der Waals surface area (Å²) >= 11 is 6.00. The molecule has 47 heavy (non-hydrogen) atoms. The third-order valence-electron chi connectivity index (χ3n) is 7.71. The van der Waals surface area contributed by atoms with Crippen molar-refractivity contribution in [2.24, 2.45) is 5.92 Å². The molecule has 4 aromatic heterocycles. The number of nitrogens with zero attached hydrogens (tertiary/aromatic N) is 8. The molecule has 5 heterocycles. The topological polar surface area (TPSA) is 125 Å². The van der Waals surface area contributed by atoms with Crippen LogP contribution in [0.15, 0.2) is 60.0 Å². The zero-order valence-electron chi connectivity index (χ0n) is 24.1. The Balaban J connectivity index is 1.44. The maximum Gasteiger partial charge on any atom is 0.436 e. The van der Waals surface area contributed by atoms with Gasteiger partial charge in [-0.05, 0) is 31.0 Å². The first-order valence-corrected chi connectivity index (χ1v) is 14.4. The molecular weight excluding hydrogens is 656 g/mol. The van der Waals surface area contributed by atoms with Gasteiger partial charge in [-0.3, -0.25) is 19.1 Å². The normalized spacial score (nSPS) is 17.2. The number of anilines is 1. The zero-order valence-corrected chi connectivity index (χ0v) is 24.8.